The fraction of sp³-hybridized carbons (Fsp3) is 0.400. The number of benzene rings is 2. The molecule has 0 aromatic heterocycles. The lowest BCUT2D eigenvalue weighted by atomic mass is 9.94. The summed E-state index contributed by atoms with van der Waals surface area (Å²) in [7, 11) is -2.21. The second-order valence-corrected chi connectivity index (χ2v) is 8.94. The highest BCUT2D eigenvalue weighted by atomic mass is 32.2. The van der Waals surface area contributed by atoms with Crippen LogP contribution in [0, 0.1) is 17.0 Å². The third-order valence-electron chi connectivity index (χ3n) is 5.22. The van der Waals surface area contributed by atoms with Gasteiger partial charge < -0.3 is 4.74 Å². The van der Waals surface area contributed by atoms with Crippen LogP contribution in [0.15, 0.2) is 47.4 Å². The van der Waals surface area contributed by atoms with Gasteiger partial charge >= 0.3 is 0 Å². The van der Waals surface area contributed by atoms with Gasteiger partial charge in [-0.3, -0.25) is 10.1 Å². The zero-order valence-corrected chi connectivity index (χ0v) is 16.8. The maximum absolute atomic E-state index is 13.3. The van der Waals surface area contributed by atoms with Gasteiger partial charge in [0.05, 0.1) is 16.9 Å². The first kappa shape index (κ1) is 20.3. The lowest BCUT2D eigenvalue weighted by molar-refractivity contribution is -0.385. The van der Waals surface area contributed by atoms with Crippen molar-refractivity contribution in [1.82, 2.24) is 4.31 Å². The Morgan fingerprint density at radius 2 is 1.86 bits per heavy atom. The Hall–Kier alpha value is -2.45. The highest BCUT2D eigenvalue weighted by Crippen LogP contribution is 2.32. The van der Waals surface area contributed by atoms with Crippen molar-refractivity contribution in [2.75, 3.05) is 20.2 Å². The van der Waals surface area contributed by atoms with Crippen LogP contribution < -0.4 is 4.74 Å². The van der Waals surface area contributed by atoms with Gasteiger partial charge in [0.2, 0.25) is 10.0 Å². The number of rotatable bonds is 5. The number of hydrogen-bond donors (Lipinski definition) is 0. The molecule has 0 spiro atoms. The minimum absolute atomic E-state index is 0.0112. The molecule has 1 saturated heterocycles. The van der Waals surface area contributed by atoms with Crippen molar-refractivity contribution in [3.05, 3.63) is 63.7 Å². The van der Waals surface area contributed by atoms with Crippen LogP contribution in [0.4, 0.5) is 5.69 Å². The number of ether oxygens (including phenoxy) is 1. The van der Waals surface area contributed by atoms with E-state index in [1.165, 1.54) is 16.4 Å². The van der Waals surface area contributed by atoms with Crippen molar-refractivity contribution >= 4 is 15.7 Å². The van der Waals surface area contributed by atoms with Crippen molar-refractivity contribution < 1.29 is 18.1 Å². The Morgan fingerprint density at radius 3 is 2.50 bits per heavy atom. The highest BCUT2D eigenvalue weighted by molar-refractivity contribution is 7.89. The van der Waals surface area contributed by atoms with E-state index in [4.69, 9.17) is 4.74 Å². The molecule has 1 aliphatic rings. The molecule has 2 aromatic carbocycles. The molecule has 0 radical (unpaired) electrons. The normalized spacial score (nSPS) is 18.4. The number of methoxy groups -OCH3 is 1. The van der Waals surface area contributed by atoms with Gasteiger partial charge in [0.25, 0.3) is 5.69 Å². The molecule has 28 heavy (non-hydrogen) atoms. The molecule has 0 N–H and O–H groups in total. The predicted molar refractivity (Wildman–Crippen MR) is 106 cm³/mol. The van der Waals surface area contributed by atoms with Crippen molar-refractivity contribution in [3.63, 3.8) is 0 Å². The van der Waals surface area contributed by atoms with Crippen LogP contribution in [0.3, 0.4) is 0 Å². The Balaban J connectivity index is 1.92. The van der Waals surface area contributed by atoms with E-state index in [1.54, 1.807) is 14.0 Å². The Kier molecular flexibility index (Phi) is 6.00. The summed E-state index contributed by atoms with van der Waals surface area (Å²) < 4.78 is 33.3. The molecule has 0 saturated carbocycles. The molecule has 1 heterocycles. The fourth-order valence-corrected chi connectivity index (χ4v) is 5.36. The largest absolute Gasteiger partial charge is 0.497 e. The van der Waals surface area contributed by atoms with Crippen molar-refractivity contribution in [1.29, 1.82) is 0 Å². The van der Waals surface area contributed by atoms with Crippen molar-refractivity contribution in [2.45, 2.75) is 37.0 Å². The number of nitro benzene ring substituents is 1. The summed E-state index contributed by atoms with van der Waals surface area (Å²) in [6.45, 7) is 2.43. The Morgan fingerprint density at radius 1 is 1.14 bits per heavy atom. The molecular weight excluding hydrogens is 380 g/mol. The molecule has 1 atom stereocenters. The second kappa shape index (κ2) is 8.28. The van der Waals surface area contributed by atoms with Crippen LogP contribution in [-0.2, 0) is 10.0 Å². The number of aryl methyl sites for hydroxylation is 1. The van der Waals surface area contributed by atoms with Crippen LogP contribution in [0.2, 0.25) is 0 Å². The molecular formula is C20H24N2O5S. The standard InChI is InChI=1S/C20H24N2O5S/c1-15-6-9-18(22(23)24)13-20(15)28(25,26)21-12-4-3-5-17(14-21)16-7-10-19(27-2)11-8-16/h6-11,13,17H,3-5,12,14H2,1-2H3. The summed E-state index contributed by atoms with van der Waals surface area (Å²) in [5.74, 6) is 0.830. The van der Waals surface area contributed by atoms with Gasteiger partial charge in [-0.2, -0.15) is 4.31 Å². The van der Waals surface area contributed by atoms with E-state index >= 15 is 0 Å². The van der Waals surface area contributed by atoms with Crippen molar-refractivity contribution in [3.8, 4) is 5.75 Å². The van der Waals surface area contributed by atoms with E-state index in [2.05, 4.69) is 0 Å². The average molecular weight is 404 g/mol. The number of hydrogen-bond acceptors (Lipinski definition) is 5. The first-order valence-electron chi connectivity index (χ1n) is 9.22. The molecule has 1 fully saturated rings. The van der Waals surface area contributed by atoms with Crippen molar-refractivity contribution in [2.24, 2.45) is 0 Å². The molecule has 8 heteroatoms. The van der Waals surface area contributed by atoms with Gasteiger partial charge in [-0.15, -0.1) is 0 Å². The van der Waals surface area contributed by atoms with E-state index < -0.39 is 14.9 Å². The Bertz CT molecular complexity index is 957. The maximum atomic E-state index is 13.3. The molecule has 0 aliphatic carbocycles. The number of nitrogens with zero attached hydrogens (tertiary/aromatic N) is 2. The topological polar surface area (TPSA) is 89.8 Å². The molecule has 150 valence electrons. The summed E-state index contributed by atoms with van der Waals surface area (Å²) in [6.07, 6.45) is 2.59. The zero-order chi connectivity index (χ0) is 20.3. The van der Waals surface area contributed by atoms with E-state index in [0.717, 1.165) is 36.6 Å². The maximum Gasteiger partial charge on any atom is 0.270 e. The SMILES string of the molecule is COc1ccc(C2CCCCN(S(=O)(=O)c3cc([N+](=O)[O-])ccc3C)C2)cc1. The smallest absolute Gasteiger partial charge is 0.270 e. The minimum atomic E-state index is -3.82. The summed E-state index contributed by atoms with van der Waals surface area (Å²) in [4.78, 5) is 10.5. The van der Waals surface area contributed by atoms with Crippen LogP contribution in [0.5, 0.6) is 5.75 Å². The monoisotopic (exact) mass is 404 g/mol. The summed E-state index contributed by atoms with van der Waals surface area (Å²) in [5.41, 5.74) is 1.36. The minimum Gasteiger partial charge on any atom is -0.497 e. The molecule has 1 aliphatic heterocycles. The van der Waals surface area contributed by atoms with Gasteiger partial charge in [0.15, 0.2) is 0 Å². The number of nitro groups is 1. The van der Waals surface area contributed by atoms with E-state index in [1.807, 2.05) is 24.3 Å². The second-order valence-electron chi connectivity index (χ2n) is 7.04. The van der Waals surface area contributed by atoms with E-state index in [0.29, 0.717) is 18.7 Å². The van der Waals surface area contributed by atoms with Gasteiger partial charge in [0.1, 0.15) is 5.75 Å². The third-order valence-corrected chi connectivity index (χ3v) is 7.23. The molecule has 0 bridgehead atoms. The summed E-state index contributed by atoms with van der Waals surface area (Å²) >= 11 is 0. The molecule has 3 rings (SSSR count). The van der Waals surface area contributed by atoms with E-state index in [-0.39, 0.29) is 16.5 Å². The van der Waals surface area contributed by atoms with Gasteiger partial charge in [-0.05, 0) is 48.9 Å². The lowest BCUT2D eigenvalue weighted by Crippen LogP contribution is -2.34. The van der Waals surface area contributed by atoms with Gasteiger partial charge in [0, 0.05) is 25.2 Å². The summed E-state index contributed by atoms with van der Waals surface area (Å²) in [5, 5.41) is 11.1. The molecule has 0 amide bonds. The lowest BCUT2D eigenvalue weighted by Gasteiger charge is -2.25. The van der Waals surface area contributed by atoms with Crippen LogP contribution in [0.1, 0.15) is 36.3 Å². The highest BCUT2D eigenvalue weighted by Gasteiger charge is 2.31. The van der Waals surface area contributed by atoms with Gasteiger partial charge in [-0.1, -0.05) is 24.6 Å². The zero-order valence-electron chi connectivity index (χ0n) is 16.0. The molecule has 1 unspecified atom stereocenters. The fourth-order valence-electron chi connectivity index (χ4n) is 3.59. The van der Waals surface area contributed by atoms with Crippen LogP contribution in [-0.4, -0.2) is 37.8 Å². The number of sulfonamides is 1. The van der Waals surface area contributed by atoms with Crippen LogP contribution >= 0.6 is 0 Å². The Labute approximate surface area is 165 Å². The van der Waals surface area contributed by atoms with Gasteiger partial charge in [-0.25, -0.2) is 8.42 Å². The molecule has 7 nitrogen and oxygen atoms in total. The summed E-state index contributed by atoms with van der Waals surface area (Å²) in [6, 6.07) is 11.7. The van der Waals surface area contributed by atoms with Crippen LogP contribution in [0.25, 0.3) is 0 Å². The molecule has 2 aromatic rings. The third kappa shape index (κ3) is 4.18. The first-order valence-corrected chi connectivity index (χ1v) is 10.7. The number of non-ortho nitro benzene ring substituents is 1. The first-order chi connectivity index (χ1) is 13.3. The quantitative estimate of drug-likeness (QED) is 0.557. The predicted octanol–water partition coefficient (Wildman–Crippen LogP) is 3.87. The average Bonchev–Trinajstić information content (AvgIpc) is 2.95. The van der Waals surface area contributed by atoms with E-state index in [9.17, 15) is 18.5 Å².